The fourth-order valence-electron chi connectivity index (χ4n) is 2.46. The average molecular weight is 244 g/mol. The van der Waals surface area contributed by atoms with E-state index >= 15 is 0 Å². The van der Waals surface area contributed by atoms with E-state index in [2.05, 4.69) is 0 Å². The van der Waals surface area contributed by atoms with Crippen molar-refractivity contribution in [1.29, 1.82) is 0 Å². The summed E-state index contributed by atoms with van der Waals surface area (Å²) in [7, 11) is 0. The molecule has 90 valence electrons. The van der Waals surface area contributed by atoms with Gasteiger partial charge in [-0.05, 0) is 42.9 Å². The molecule has 0 bridgehead atoms. The number of nitrogens with two attached hydrogens (primary N) is 1. The summed E-state index contributed by atoms with van der Waals surface area (Å²) in [6, 6.07) is 5.33. The summed E-state index contributed by atoms with van der Waals surface area (Å²) in [6.07, 6.45) is 5.02. The molecule has 3 heteroatoms. The Labute approximate surface area is 103 Å². The molecule has 0 amide bonds. The molecule has 1 fully saturated rings. The minimum Gasteiger partial charge on any atom is -0.324 e. The van der Waals surface area contributed by atoms with E-state index in [0.29, 0.717) is 11.5 Å². The molecule has 0 saturated heterocycles. The lowest BCUT2D eigenvalue weighted by Crippen LogP contribution is -2.19. The molecule has 1 nitrogen and oxygen atoms in total. The normalized spacial score (nSPS) is 18.2. The van der Waals surface area contributed by atoms with E-state index in [0.717, 1.165) is 5.56 Å². The number of hydrogen-bond donors (Lipinski definition) is 1. The molecular formula is C13H19ClFN. The van der Waals surface area contributed by atoms with Crippen molar-refractivity contribution < 1.29 is 4.39 Å². The highest BCUT2D eigenvalue weighted by molar-refractivity contribution is 5.85. The maximum absolute atomic E-state index is 13.1. The van der Waals surface area contributed by atoms with Crippen molar-refractivity contribution in [3.63, 3.8) is 0 Å². The largest absolute Gasteiger partial charge is 0.324 e. The molecular weight excluding hydrogens is 225 g/mol. The van der Waals surface area contributed by atoms with E-state index in [1.807, 2.05) is 12.1 Å². The highest BCUT2D eigenvalue weighted by atomic mass is 35.5. The third-order valence-electron chi connectivity index (χ3n) is 3.47. The fourth-order valence-corrected chi connectivity index (χ4v) is 2.46. The molecule has 1 aromatic carbocycles. The lowest BCUT2D eigenvalue weighted by molar-refractivity contribution is 0.444. The SMILES string of the molecule is Cc1cc([C@@H](N)C2CCCC2)ccc1F.Cl. The molecule has 16 heavy (non-hydrogen) atoms. The Kier molecular flexibility index (Phi) is 4.75. The first-order chi connectivity index (χ1) is 7.18. The Balaban J connectivity index is 0.00000128. The monoisotopic (exact) mass is 243 g/mol. The van der Waals surface area contributed by atoms with Gasteiger partial charge in [-0.3, -0.25) is 0 Å². The van der Waals surface area contributed by atoms with Gasteiger partial charge in [-0.15, -0.1) is 12.4 Å². The predicted octanol–water partition coefficient (Wildman–Crippen LogP) is 3.75. The van der Waals surface area contributed by atoms with Crippen LogP contribution in [0.2, 0.25) is 0 Å². The first-order valence-corrected chi connectivity index (χ1v) is 5.70. The van der Waals surface area contributed by atoms with Crippen LogP contribution in [-0.4, -0.2) is 0 Å². The van der Waals surface area contributed by atoms with Crippen molar-refractivity contribution in [2.75, 3.05) is 0 Å². The van der Waals surface area contributed by atoms with Crippen LogP contribution < -0.4 is 5.73 Å². The van der Waals surface area contributed by atoms with Gasteiger partial charge in [0.15, 0.2) is 0 Å². The summed E-state index contributed by atoms with van der Waals surface area (Å²) in [5.74, 6) is 0.451. The predicted molar refractivity (Wildman–Crippen MR) is 67.3 cm³/mol. The van der Waals surface area contributed by atoms with Crippen LogP contribution in [0, 0.1) is 18.7 Å². The highest BCUT2D eigenvalue weighted by Gasteiger charge is 2.23. The third-order valence-corrected chi connectivity index (χ3v) is 3.47. The highest BCUT2D eigenvalue weighted by Crippen LogP contribution is 2.34. The van der Waals surface area contributed by atoms with E-state index in [-0.39, 0.29) is 24.3 Å². The van der Waals surface area contributed by atoms with Crippen molar-refractivity contribution in [2.24, 2.45) is 11.7 Å². The van der Waals surface area contributed by atoms with E-state index in [9.17, 15) is 4.39 Å². The molecule has 1 atom stereocenters. The molecule has 1 aliphatic carbocycles. The molecule has 0 aromatic heterocycles. The van der Waals surface area contributed by atoms with Crippen LogP contribution in [0.3, 0.4) is 0 Å². The van der Waals surface area contributed by atoms with Gasteiger partial charge < -0.3 is 5.73 Å². The molecule has 2 N–H and O–H groups in total. The zero-order valence-electron chi connectivity index (χ0n) is 9.58. The number of hydrogen-bond acceptors (Lipinski definition) is 1. The first-order valence-electron chi connectivity index (χ1n) is 5.70. The third kappa shape index (κ3) is 2.74. The fraction of sp³-hybridized carbons (Fsp3) is 0.538. The number of rotatable bonds is 2. The van der Waals surface area contributed by atoms with Crippen molar-refractivity contribution in [3.8, 4) is 0 Å². The smallest absolute Gasteiger partial charge is 0.126 e. The Bertz CT molecular complexity index is 348. The van der Waals surface area contributed by atoms with Crippen molar-refractivity contribution in [3.05, 3.63) is 35.1 Å². The van der Waals surface area contributed by atoms with Crippen LogP contribution >= 0.6 is 12.4 Å². The molecule has 0 radical (unpaired) electrons. The summed E-state index contributed by atoms with van der Waals surface area (Å²) >= 11 is 0. The Morgan fingerprint density at radius 2 is 1.94 bits per heavy atom. The second-order valence-electron chi connectivity index (χ2n) is 4.58. The molecule has 1 saturated carbocycles. The van der Waals surface area contributed by atoms with Gasteiger partial charge in [0.1, 0.15) is 5.82 Å². The van der Waals surface area contributed by atoms with Crippen molar-refractivity contribution in [2.45, 2.75) is 38.6 Å². The maximum Gasteiger partial charge on any atom is 0.126 e. The van der Waals surface area contributed by atoms with Crippen LogP contribution in [-0.2, 0) is 0 Å². The summed E-state index contributed by atoms with van der Waals surface area (Å²) in [4.78, 5) is 0. The van der Waals surface area contributed by atoms with Gasteiger partial charge in [0.25, 0.3) is 0 Å². The summed E-state index contributed by atoms with van der Waals surface area (Å²) in [5, 5.41) is 0. The zero-order chi connectivity index (χ0) is 10.8. The quantitative estimate of drug-likeness (QED) is 0.841. The molecule has 0 unspecified atom stereocenters. The zero-order valence-corrected chi connectivity index (χ0v) is 10.4. The number of halogens is 2. The Hall–Kier alpha value is -0.600. The molecule has 0 aliphatic heterocycles. The van der Waals surface area contributed by atoms with Crippen LogP contribution in [0.5, 0.6) is 0 Å². The molecule has 1 aliphatic rings. The van der Waals surface area contributed by atoms with Crippen LogP contribution in [0.25, 0.3) is 0 Å². The van der Waals surface area contributed by atoms with Gasteiger partial charge in [0.05, 0.1) is 0 Å². The molecule has 0 spiro atoms. The van der Waals surface area contributed by atoms with Crippen molar-refractivity contribution in [1.82, 2.24) is 0 Å². The topological polar surface area (TPSA) is 26.0 Å². The van der Waals surface area contributed by atoms with Gasteiger partial charge in [0, 0.05) is 6.04 Å². The van der Waals surface area contributed by atoms with Crippen molar-refractivity contribution >= 4 is 12.4 Å². The van der Waals surface area contributed by atoms with Gasteiger partial charge in [-0.1, -0.05) is 25.0 Å². The first kappa shape index (κ1) is 13.5. The van der Waals surface area contributed by atoms with Gasteiger partial charge in [-0.25, -0.2) is 4.39 Å². The summed E-state index contributed by atoms with van der Waals surface area (Å²) in [6.45, 7) is 1.79. The van der Waals surface area contributed by atoms with Crippen LogP contribution in [0.15, 0.2) is 18.2 Å². The second kappa shape index (κ2) is 5.65. The summed E-state index contributed by atoms with van der Waals surface area (Å²) < 4.78 is 13.1. The van der Waals surface area contributed by atoms with Gasteiger partial charge in [-0.2, -0.15) is 0 Å². The van der Waals surface area contributed by atoms with Crippen LogP contribution in [0.4, 0.5) is 4.39 Å². The second-order valence-corrected chi connectivity index (χ2v) is 4.58. The maximum atomic E-state index is 13.1. The Morgan fingerprint density at radius 3 is 2.50 bits per heavy atom. The standard InChI is InChI=1S/C13H18FN.ClH/c1-9-8-11(6-7-12(9)14)13(15)10-4-2-3-5-10;/h6-8,10,13H,2-5,15H2,1H3;1H/t13-;/m0./s1. The van der Waals surface area contributed by atoms with E-state index < -0.39 is 0 Å². The van der Waals surface area contributed by atoms with Crippen LogP contribution in [0.1, 0.15) is 42.9 Å². The Morgan fingerprint density at radius 1 is 1.31 bits per heavy atom. The molecule has 0 heterocycles. The van der Waals surface area contributed by atoms with Gasteiger partial charge >= 0.3 is 0 Å². The minimum atomic E-state index is -0.141. The van der Waals surface area contributed by atoms with E-state index in [4.69, 9.17) is 5.73 Å². The summed E-state index contributed by atoms with van der Waals surface area (Å²) in [5.41, 5.74) is 7.98. The van der Waals surface area contributed by atoms with Gasteiger partial charge in [0.2, 0.25) is 0 Å². The molecule has 1 aromatic rings. The minimum absolute atomic E-state index is 0. The number of aryl methyl sites for hydroxylation is 1. The lowest BCUT2D eigenvalue weighted by Gasteiger charge is -2.19. The molecule has 2 rings (SSSR count). The number of benzene rings is 1. The van der Waals surface area contributed by atoms with E-state index in [1.165, 1.54) is 31.7 Å². The average Bonchev–Trinajstić information content (AvgIpc) is 2.74. The van der Waals surface area contributed by atoms with E-state index in [1.54, 1.807) is 6.92 Å². The lowest BCUT2D eigenvalue weighted by atomic mass is 9.92.